The molecular formula is C23H28N2O3. The first-order valence-corrected chi connectivity index (χ1v) is 10.1. The smallest absolute Gasteiger partial charge is 0.222 e. The van der Waals surface area contributed by atoms with E-state index < -0.39 is 0 Å². The third-order valence-electron chi connectivity index (χ3n) is 5.65. The predicted octanol–water partition coefficient (Wildman–Crippen LogP) is 3.30. The van der Waals surface area contributed by atoms with Gasteiger partial charge in [-0.25, -0.2) is 0 Å². The summed E-state index contributed by atoms with van der Waals surface area (Å²) in [5, 5.41) is 0. The number of aryl methyl sites for hydroxylation is 1. The van der Waals surface area contributed by atoms with Crippen molar-refractivity contribution in [2.24, 2.45) is 0 Å². The Labute approximate surface area is 166 Å². The summed E-state index contributed by atoms with van der Waals surface area (Å²) >= 11 is 0. The Balaban J connectivity index is 1.30. The van der Waals surface area contributed by atoms with Crippen molar-refractivity contribution in [3.63, 3.8) is 0 Å². The Kier molecular flexibility index (Phi) is 5.81. The molecule has 0 bridgehead atoms. The molecule has 1 fully saturated rings. The van der Waals surface area contributed by atoms with Crippen LogP contribution < -0.4 is 9.47 Å². The monoisotopic (exact) mass is 380 g/mol. The highest BCUT2D eigenvalue weighted by Crippen LogP contribution is 2.31. The largest absolute Gasteiger partial charge is 0.486 e. The second-order valence-corrected chi connectivity index (χ2v) is 7.58. The molecule has 0 spiro atoms. The quantitative estimate of drug-likeness (QED) is 0.798. The fourth-order valence-electron chi connectivity index (χ4n) is 3.98. The maximum Gasteiger partial charge on any atom is 0.222 e. The maximum atomic E-state index is 12.8. The molecule has 4 rings (SSSR count). The Morgan fingerprint density at radius 1 is 1.04 bits per heavy atom. The van der Waals surface area contributed by atoms with Crippen molar-refractivity contribution >= 4 is 5.91 Å². The van der Waals surface area contributed by atoms with Crippen molar-refractivity contribution in [2.45, 2.75) is 25.3 Å². The van der Waals surface area contributed by atoms with Gasteiger partial charge < -0.3 is 14.4 Å². The van der Waals surface area contributed by atoms with Crippen LogP contribution in [0.3, 0.4) is 0 Å². The van der Waals surface area contributed by atoms with Gasteiger partial charge in [0, 0.05) is 26.1 Å². The maximum absolute atomic E-state index is 12.8. The lowest BCUT2D eigenvalue weighted by molar-refractivity contribution is -0.134. The van der Waals surface area contributed by atoms with E-state index in [9.17, 15) is 4.79 Å². The third kappa shape index (κ3) is 4.30. The molecule has 0 aliphatic carbocycles. The number of amides is 1. The van der Waals surface area contributed by atoms with Gasteiger partial charge in [0.25, 0.3) is 0 Å². The fourth-order valence-corrected chi connectivity index (χ4v) is 3.98. The van der Waals surface area contributed by atoms with E-state index in [0.29, 0.717) is 19.6 Å². The minimum Gasteiger partial charge on any atom is -0.486 e. The minimum absolute atomic E-state index is 0.256. The molecule has 0 aromatic heterocycles. The Morgan fingerprint density at radius 3 is 2.64 bits per heavy atom. The predicted molar refractivity (Wildman–Crippen MR) is 109 cm³/mol. The first-order valence-electron chi connectivity index (χ1n) is 10.1. The van der Waals surface area contributed by atoms with Crippen LogP contribution in [-0.4, -0.2) is 55.6 Å². The van der Waals surface area contributed by atoms with Gasteiger partial charge in [0.05, 0.1) is 6.04 Å². The number of nitrogens with zero attached hydrogens (tertiary/aromatic N) is 2. The number of carbonyl (C=O) groups excluding carboxylic acids is 1. The van der Waals surface area contributed by atoms with Gasteiger partial charge in [-0.2, -0.15) is 0 Å². The molecular weight excluding hydrogens is 352 g/mol. The van der Waals surface area contributed by atoms with Crippen molar-refractivity contribution in [1.82, 2.24) is 9.80 Å². The van der Waals surface area contributed by atoms with Crippen molar-refractivity contribution in [3.05, 3.63) is 59.7 Å². The third-order valence-corrected chi connectivity index (χ3v) is 5.65. The molecule has 148 valence electrons. The number of carbonyl (C=O) groups is 1. The number of likely N-dealkylation sites (N-methyl/N-ethyl adjacent to an activating group) is 1. The molecule has 2 aliphatic rings. The highest BCUT2D eigenvalue weighted by molar-refractivity contribution is 5.76. The average molecular weight is 380 g/mol. The van der Waals surface area contributed by atoms with Crippen LogP contribution in [0.2, 0.25) is 0 Å². The highest BCUT2D eigenvalue weighted by atomic mass is 16.6. The van der Waals surface area contributed by atoms with Crippen LogP contribution in [0.1, 0.15) is 30.0 Å². The summed E-state index contributed by atoms with van der Waals surface area (Å²) in [6, 6.07) is 16.8. The summed E-state index contributed by atoms with van der Waals surface area (Å²) in [6.45, 7) is 3.69. The van der Waals surface area contributed by atoms with Gasteiger partial charge in [-0.3, -0.25) is 9.69 Å². The SMILES string of the molecule is CN1CCN(C(=O)CCCc2ccc3c(c2)OCCO3)CC1c1ccccc1. The molecule has 5 heteroatoms. The summed E-state index contributed by atoms with van der Waals surface area (Å²) < 4.78 is 11.2. The molecule has 5 nitrogen and oxygen atoms in total. The molecule has 2 aromatic carbocycles. The number of benzene rings is 2. The van der Waals surface area contributed by atoms with Crippen LogP contribution in [0.25, 0.3) is 0 Å². The van der Waals surface area contributed by atoms with Crippen LogP contribution >= 0.6 is 0 Å². The number of hydrogen-bond donors (Lipinski definition) is 0. The number of hydrogen-bond acceptors (Lipinski definition) is 4. The summed E-state index contributed by atoms with van der Waals surface area (Å²) in [6.07, 6.45) is 2.30. The molecule has 2 heterocycles. The Bertz CT molecular complexity index is 809. The van der Waals surface area contributed by atoms with Crippen LogP contribution in [0.15, 0.2) is 48.5 Å². The molecule has 2 aromatic rings. The van der Waals surface area contributed by atoms with Crippen LogP contribution in [0.4, 0.5) is 0 Å². The summed E-state index contributed by atoms with van der Waals surface area (Å²) in [7, 11) is 2.14. The lowest BCUT2D eigenvalue weighted by atomic mass is 10.0. The molecule has 1 amide bonds. The fraction of sp³-hybridized carbons (Fsp3) is 0.435. The van der Waals surface area contributed by atoms with Crippen LogP contribution in [-0.2, 0) is 11.2 Å². The molecule has 0 N–H and O–H groups in total. The lowest BCUT2D eigenvalue weighted by Gasteiger charge is -2.39. The summed E-state index contributed by atoms with van der Waals surface area (Å²) in [5.74, 6) is 1.89. The molecule has 1 unspecified atom stereocenters. The van der Waals surface area contributed by atoms with E-state index in [1.807, 2.05) is 23.1 Å². The first kappa shape index (κ1) is 18.8. The zero-order chi connectivity index (χ0) is 19.3. The topological polar surface area (TPSA) is 42.0 Å². The van der Waals surface area contributed by atoms with Crippen LogP contribution in [0, 0.1) is 0 Å². The van der Waals surface area contributed by atoms with Crippen LogP contribution in [0.5, 0.6) is 11.5 Å². The van der Waals surface area contributed by atoms with E-state index in [2.05, 4.69) is 42.3 Å². The minimum atomic E-state index is 0.256. The zero-order valence-corrected chi connectivity index (χ0v) is 16.5. The van der Waals surface area contributed by atoms with Gasteiger partial charge in [0.15, 0.2) is 11.5 Å². The van der Waals surface area contributed by atoms with E-state index in [4.69, 9.17) is 9.47 Å². The molecule has 0 saturated carbocycles. The van der Waals surface area contributed by atoms with Crippen molar-refractivity contribution in [3.8, 4) is 11.5 Å². The van der Waals surface area contributed by atoms with Crippen molar-refractivity contribution in [2.75, 3.05) is 39.9 Å². The second-order valence-electron chi connectivity index (χ2n) is 7.58. The standard InChI is InChI=1S/C23H28N2O3/c1-24-12-13-25(17-20(24)19-7-3-2-4-8-19)23(26)9-5-6-18-10-11-21-22(16-18)28-15-14-27-21/h2-4,7-8,10-11,16,20H,5-6,9,12-15,17H2,1H3. The van der Waals surface area contributed by atoms with Gasteiger partial charge in [0.1, 0.15) is 13.2 Å². The average Bonchev–Trinajstić information content (AvgIpc) is 2.74. The summed E-state index contributed by atoms with van der Waals surface area (Å²) in [4.78, 5) is 17.1. The normalized spacial score (nSPS) is 19.5. The summed E-state index contributed by atoms with van der Waals surface area (Å²) in [5.41, 5.74) is 2.47. The lowest BCUT2D eigenvalue weighted by Crippen LogP contribution is -2.48. The zero-order valence-electron chi connectivity index (χ0n) is 16.5. The second kappa shape index (κ2) is 8.65. The van der Waals surface area contributed by atoms with Gasteiger partial charge in [-0.15, -0.1) is 0 Å². The molecule has 28 heavy (non-hydrogen) atoms. The number of rotatable bonds is 5. The molecule has 0 radical (unpaired) electrons. The Hall–Kier alpha value is -2.53. The van der Waals surface area contributed by atoms with E-state index in [-0.39, 0.29) is 11.9 Å². The van der Waals surface area contributed by atoms with Gasteiger partial charge >= 0.3 is 0 Å². The first-order chi connectivity index (χ1) is 13.7. The molecule has 1 saturated heterocycles. The molecule has 1 atom stereocenters. The van der Waals surface area contributed by atoms with Crippen molar-refractivity contribution in [1.29, 1.82) is 0 Å². The van der Waals surface area contributed by atoms with E-state index in [1.54, 1.807) is 0 Å². The van der Waals surface area contributed by atoms with Crippen molar-refractivity contribution < 1.29 is 14.3 Å². The van der Waals surface area contributed by atoms with Gasteiger partial charge in [-0.05, 0) is 43.1 Å². The number of fused-ring (bicyclic) bond motifs is 1. The molecule has 2 aliphatic heterocycles. The number of ether oxygens (including phenoxy) is 2. The highest BCUT2D eigenvalue weighted by Gasteiger charge is 2.28. The van der Waals surface area contributed by atoms with E-state index in [0.717, 1.165) is 44.0 Å². The Morgan fingerprint density at radius 2 is 1.82 bits per heavy atom. The van der Waals surface area contributed by atoms with E-state index in [1.165, 1.54) is 11.1 Å². The van der Waals surface area contributed by atoms with E-state index >= 15 is 0 Å². The number of piperazine rings is 1. The van der Waals surface area contributed by atoms with Gasteiger partial charge in [0.2, 0.25) is 5.91 Å². The van der Waals surface area contributed by atoms with Gasteiger partial charge in [-0.1, -0.05) is 36.4 Å².